The van der Waals surface area contributed by atoms with Crippen LogP contribution in [0.5, 0.6) is 0 Å². The molecule has 0 radical (unpaired) electrons. The third-order valence-corrected chi connectivity index (χ3v) is 2.43. The Bertz CT molecular complexity index is 330. The van der Waals surface area contributed by atoms with Crippen LogP contribution in [0.3, 0.4) is 0 Å². The third-order valence-electron chi connectivity index (χ3n) is 2.43. The van der Waals surface area contributed by atoms with E-state index in [1.165, 1.54) is 0 Å². The Morgan fingerprint density at radius 2 is 2.54 bits per heavy atom. The second-order valence-corrected chi connectivity index (χ2v) is 3.17. The Morgan fingerprint density at radius 3 is 3.23 bits per heavy atom. The highest BCUT2D eigenvalue weighted by molar-refractivity contribution is 5.75. The number of nitrogens with one attached hydrogen (secondary N) is 1. The van der Waals surface area contributed by atoms with Crippen molar-refractivity contribution in [2.45, 2.75) is 26.4 Å². The molecule has 1 aliphatic rings. The molecule has 0 bridgehead atoms. The van der Waals surface area contributed by atoms with Crippen molar-refractivity contribution in [3.63, 3.8) is 0 Å². The molecular weight excluding hydrogens is 166 g/mol. The highest BCUT2D eigenvalue weighted by Crippen LogP contribution is 2.16. The van der Waals surface area contributed by atoms with Crippen LogP contribution in [-0.2, 0) is 19.5 Å². The average molecular weight is 179 g/mol. The van der Waals surface area contributed by atoms with Gasteiger partial charge in [0.05, 0.1) is 5.69 Å². The van der Waals surface area contributed by atoms with Crippen molar-refractivity contribution < 1.29 is 4.79 Å². The number of hydrogen-bond donors (Lipinski definition) is 1. The molecule has 0 fully saturated rings. The summed E-state index contributed by atoms with van der Waals surface area (Å²) >= 11 is 0. The van der Waals surface area contributed by atoms with E-state index in [0.717, 1.165) is 49.3 Å². The maximum Gasteiger partial charge on any atom is 0.168 e. The van der Waals surface area contributed by atoms with Crippen LogP contribution in [0.2, 0.25) is 0 Å². The van der Waals surface area contributed by atoms with Crippen molar-refractivity contribution >= 4 is 6.29 Å². The van der Waals surface area contributed by atoms with Gasteiger partial charge < -0.3 is 5.32 Å². The summed E-state index contributed by atoms with van der Waals surface area (Å²) in [6.07, 6.45) is 1.84. The first kappa shape index (κ1) is 8.44. The molecule has 0 aliphatic carbocycles. The van der Waals surface area contributed by atoms with Crippen molar-refractivity contribution in [2.75, 3.05) is 6.54 Å². The highest BCUT2D eigenvalue weighted by Gasteiger charge is 2.18. The summed E-state index contributed by atoms with van der Waals surface area (Å²) in [7, 11) is 0. The van der Waals surface area contributed by atoms with E-state index >= 15 is 0 Å². The SMILES string of the molecule is CCn1nc2c(c1C=O)CCNC2. The molecule has 0 spiro atoms. The third kappa shape index (κ3) is 1.27. The van der Waals surface area contributed by atoms with Crippen LogP contribution >= 0.6 is 0 Å². The molecule has 4 nitrogen and oxygen atoms in total. The molecule has 1 aromatic heterocycles. The van der Waals surface area contributed by atoms with Gasteiger partial charge in [0.15, 0.2) is 6.29 Å². The van der Waals surface area contributed by atoms with E-state index in [2.05, 4.69) is 10.4 Å². The normalized spacial score (nSPS) is 15.5. The number of fused-ring (bicyclic) bond motifs is 1. The number of rotatable bonds is 2. The van der Waals surface area contributed by atoms with Crippen molar-refractivity contribution in [2.24, 2.45) is 0 Å². The van der Waals surface area contributed by atoms with Gasteiger partial charge in [0, 0.05) is 18.7 Å². The molecule has 0 saturated carbocycles. The second kappa shape index (κ2) is 3.30. The van der Waals surface area contributed by atoms with Crippen molar-refractivity contribution in [3.05, 3.63) is 17.0 Å². The lowest BCUT2D eigenvalue weighted by Crippen LogP contribution is -2.23. The summed E-state index contributed by atoms with van der Waals surface area (Å²) in [6, 6.07) is 0. The average Bonchev–Trinajstić information content (AvgIpc) is 2.55. The fraction of sp³-hybridized carbons (Fsp3) is 0.556. The van der Waals surface area contributed by atoms with E-state index in [-0.39, 0.29) is 0 Å². The van der Waals surface area contributed by atoms with Crippen LogP contribution in [0.25, 0.3) is 0 Å². The van der Waals surface area contributed by atoms with E-state index in [4.69, 9.17) is 0 Å². The van der Waals surface area contributed by atoms with Crippen LogP contribution in [0.4, 0.5) is 0 Å². The molecule has 13 heavy (non-hydrogen) atoms. The molecule has 0 atom stereocenters. The minimum Gasteiger partial charge on any atom is -0.311 e. The van der Waals surface area contributed by atoms with Gasteiger partial charge in [-0.25, -0.2) is 0 Å². The van der Waals surface area contributed by atoms with Gasteiger partial charge in [0.25, 0.3) is 0 Å². The van der Waals surface area contributed by atoms with E-state index in [1.807, 2.05) is 6.92 Å². The first-order chi connectivity index (χ1) is 6.36. The monoisotopic (exact) mass is 179 g/mol. The van der Waals surface area contributed by atoms with Crippen LogP contribution in [0.15, 0.2) is 0 Å². The molecular formula is C9H13N3O. The second-order valence-electron chi connectivity index (χ2n) is 3.17. The van der Waals surface area contributed by atoms with E-state index in [1.54, 1.807) is 4.68 Å². The van der Waals surface area contributed by atoms with E-state index in [9.17, 15) is 4.79 Å². The first-order valence-electron chi connectivity index (χ1n) is 4.61. The summed E-state index contributed by atoms with van der Waals surface area (Å²) in [5.74, 6) is 0. The van der Waals surface area contributed by atoms with Gasteiger partial charge in [-0.2, -0.15) is 5.10 Å². The number of aryl methyl sites for hydroxylation is 1. The predicted molar refractivity (Wildman–Crippen MR) is 48.7 cm³/mol. The Balaban J connectivity index is 2.50. The number of carbonyl (C=O) groups excluding carboxylic acids is 1. The molecule has 70 valence electrons. The van der Waals surface area contributed by atoms with E-state index in [0.29, 0.717) is 0 Å². The zero-order chi connectivity index (χ0) is 9.26. The van der Waals surface area contributed by atoms with E-state index < -0.39 is 0 Å². The Labute approximate surface area is 76.9 Å². The van der Waals surface area contributed by atoms with Crippen molar-refractivity contribution in [1.82, 2.24) is 15.1 Å². The lowest BCUT2D eigenvalue weighted by Gasteiger charge is -2.10. The van der Waals surface area contributed by atoms with Crippen molar-refractivity contribution in [1.29, 1.82) is 0 Å². The number of nitrogens with zero attached hydrogens (tertiary/aromatic N) is 2. The van der Waals surface area contributed by atoms with Crippen molar-refractivity contribution in [3.8, 4) is 0 Å². The summed E-state index contributed by atoms with van der Waals surface area (Å²) in [4.78, 5) is 10.8. The van der Waals surface area contributed by atoms with Gasteiger partial charge >= 0.3 is 0 Å². The number of hydrogen-bond acceptors (Lipinski definition) is 3. The fourth-order valence-electron chi connectivity index (χ4n) is 1.77. The number of aromatic nitrogens is 2. The summed E-state index contributed by atoms with van der Waals surface area (Å²) in [5, 5.41) is 7.60. The van der Waals surface area contributed by atoms with Gasteiger partial charge in [-0.15, -0.1) is 0 Å². The summed E-state index contributed by atoms with van der Waals surface area (Å²) in [5.41, 5.74) is 2.94. The van der Waals surface area contributed by atoms with Gasteiger partial charge in [-0.1, -0.05) is 0 Å². The number of carbonyl (C=O) groups is 1. The predicted octanol–water partition coefficient (Wildman–Crippen LogP) is 0.361. The van der Waals surface area contributed by atoms with Gasteiger partial charge in [-0.05, 0) is 19.9 Å². The molecule has 1 aromatic rings. The zero-order valence-corrected chi connectivity index (χ0v) is 7.71. The Hall–Kier alpha value is -1.16. The molecule has 0 amide bonds. The minimum atomic E-state index is 0.763. The first-order valence-corrected chi connectivity index (χ1v) is 4.61. The quantitative estimate of drug-likeness (QED) is 0.667. The summed E-state index contributed by atoms with van der Waals surface area (Å²) in [6.45, 7) is 4.51. The Kier molecular flexibility index (Phi) is 2.14. The molecule has 2 heterocycles. The van der Waals surface area contributed by atoms with Crippen LogP contribution in [-0.4, -0.2) is 22.6 Å². The molecule has 4 heteroatoms. The maximum absolute atomic E-state index is 10.8. The minimum absolute atomic E-state index is 0.763. The van der Waals surface area contributed by atoms with Gasteiger partial charge in [0.2, 0.25) is 0 Å². The maximum atomic E-state index is 10.8. The highest BCUT2D eigenvalue weighted by atomic mass is 16.1. The lowest BCUT2D eigenvalue weighted by molar-refractivity contribution is 0.111. The summed E-state index contributed by atoms with van der Waals surface area (Å²) < 4.78 is 1.78. The lowest BCUT2D eigenvalue weighted by atomic mass is 10.1. The Morgan fingerprint density at radius 1 is 1.69 bits per heavy atom. The smallest absolute Gasteiger partial charge is 0.168 e. The fourth-order valence-corrected chi connectivity index (χ4v) is 1.77. The van der Waals surface area contributed by atoms with Crippen LogP contribution in [0.1, 0.15) is 28.7 Å². The van der Waals surface area contributed by atoms with Gasteiger partial charge in [-0.3, -0.25) is 9.48 Å². The van der Waals surface area contributed by atoms with Crippen LogP contribution < -0.4 is 5.32 Å². The molecule has 0 aromatic carbocycles. The molecule has 0 unspecified atom stereocenters. The molecule has 2 rings (SSSR count). The molecule has 1 aliphatic heterocycles. The molecule has 0 saturated heterocycles. The topological polar surface area (TPSA) is 46.9 Å². The number of aldehydes is 1. The molecule has 1 N–H and O–H groups in total. The van der Waals surface area contributed by atoms with Crippen LogP contribution in [0, 0.1) is 0 Å². The zero-order valence-electron chi connectivity index (χ0n) is 7.71. The standard InChI is InChI=1S/C9H13N3O/c1-2-12-9(6-13)7-3-4-10-5-8(7)11-12/h6,10H,2-5H2,1H3. The van der Waals surface area contributed by atoms with Gasteiger partial charge in [0.1, 0.15) is 5.69 Å². The largest absolute Gasteiger partial charge is 0.311 e.